The van der Waals surface area contributed by atoms with Gasteiger partial charge in [0.15, 0.2) is 12.4 Å². The summed E-state index contributed by atoms with van der Waals surface area (Å²) in [5.41, 5.74) is 2.41. The molecule has 0 aliphatic heterocycles. The summed E-state index contributed by atoms with van der Waals surface area (Å²) in [6.45, 7) is 2.14. The molecule has 1 amide bonds. The number of carbonyl (C=O) groups is 1. The molecular formula is C13H13FN10O3. The fraction of sp³-hybridized carbons (Fsp3) is 0.231. The van der Waals surface area contributed by atoms with E-state index in [1.807, 2.05) is 0 Å². The summed E-state index contributed by atoms with van der Waals surface area (Å²) in [7, 11) is 0. The molecule has 140 valence electrons. The Morgan fingerprint density at radius 2 is 2.26 bits per heavy atom. The number of aromatic nitrogens is 7. The number of rotatable bonds is 7. The van der Waals surface area contributed by atoms with E-state index < -0.39 is 22.7 Å². The summed E-state index contributed by atoms with van der Waals surface area (Å²) >= 11 is 0. The van der Waals surface area contributed by atoms with Crippen molar-refractivity contribution in [3.63, 3.8) is 0 Å². The summed E-state index contributed by atoms with van der Waals surface area (Å²) in [6.07, 6.45) is 5.09. The van der Waals surface area contributed by atoms with Gasteiger partial charge < -0.3 is 10.1 Å². The van der Waals surface area contributed by atoms with Gasteiger partial charge in [-0.2, -0.15) is 24.4 Å². The van der Waals surface area contributed by atoms with E-state index in [1.165, 1.54) is 34.2 Å². The summed E-state index contributed by atoms with van der Waals surface area (Å²) in [4.78, 5) is 25.3. The van der Waals surface area contributed by atoms with Gasteiger partial charge in [0.2, 0.25) is 12.3 Å². The molecule has 3 rings (SSSR count). The van der Waals surface area contributed by atoms with Gasteiger partial charge in [-0.3, -0.25) is 4.79 Å². The van der Waals surface area contributed by atoms with Crippen LogP contribution in [0.5, 0.6) is 0 Å². The molecule has 0 aromatic carbocycles. The van der Waals surface area contributed by atoms with Crippen LogP contribution in [0.1, 0.15) is 23.0 Å². The first-order valence-electron chi connectivity index (χ1n) is 7.60. The molecule has 0 aliphatic rings. The first-order valence-corrected chi connectivity index (χ1v) is 7.60. The summed E-state index contributed by atoms with van der Waals surface area (Å²) in [5, 5.41) is 25.7. The summed E-state index contributed by atoms with van der Waals surface area (Å²) < 4.78 is 17.4. The lowest BCUT2D eigenvalue weighted by molar-refractivity contribution is -0.394. The highest BCUT2D eigenvalue weighted by Crippen LogP contribution is 2.04. The summed E-state index contributed by atoms with van der Waals surface area (Å²) in [5.74, 6) is -1.70. The molecule has 14 heteroatoms. The number of nitro groups is 1. The maximum Gasteiger partial charge on any atom is 0.491 e. The zero-order valence-corrected chi connectivity index (χ0v) is 13.9. The number of nitrogens with zero attached hydrogens (tertiary/aromatic N) is 9. The average Bonchev–Trinajstić information content (AvgIpc) is 3.36. The van der Waals surface area contributed by atoms with Gasteiger partial charge in [0.25, 0.3) is 5.91 Å². The third-order valence-corrected chi connectivity index (χ3v) is 3.32. The highest BCUT2D eigenvalue weighted by atomic mass is 19.1. The van der Waals surface area contributed by atoms with Crippen molar-refractivity contribution in [2.24, 2.45) is 5.10 Å². The molecule has 1 N–H and O–H groups in total. The Hall–Kier alpha value is -3.97. The first-order chi connectivity index (χ1) is 13.0. The molecule has 3 aromatic rings. The van der Waals surface area contributed by atoms with Gasteiger partial charge in [-0.15, -0.1) is 0 Å². The van der Waals surface area contributed by atoms with Crippen LogP contribution < -0.4 is 5.43 Å². The van der Waals surface area contributed by atoms with Gasteiger partial charge in [-0.25, -0.2) is 14.8 Å². The Morgan fingerprint density at radius 3 is 2.93 bits per heavy atom. The Morgan fingerprint density at radius 1 is 1.44 bits per heavy atom. The van der Waals surface area contributed by atoms with Crippen LogP contribution in [-0.2, 0) is 13.2 Å². The van der Waals surface area contributed by atoms with E-state index in [9.17, 15) is 19.3 Å². The first kappa shape index (κ1) is 17.8. The molecule has 0 radical (unpaired) electrons. The monoisotopic (exact) mass is 376 g/mol. The number of nitrogens with one attached hydrogen (secondary N) is 1. The average molecular weight is 376 g/mol. The van der Waals surface area contributed by atoms with Crippen molar-refractivity contribution >= 4 is 18.1 Å². The SMILES string of the molecule is CCn1ncc(/C=N\NC(=O)c2ccn(Cn3cnc([N+](=O)[O-])n3)n2)c1F. The quantitative estimate of drug-likeness (QED) is 0.346. The highest BCUT2D eigenvalue weighted by Gasteiger charge is 2.14. The fourth-order valence-electron chi connectivity index (χ4n) is 2.06. The van der Waals surface area contributed by atoms with Crippen molar-refractivity contribution in [2.45, 2.75) is 20.1 Å². The largest absolute Gasteiger partial charge is 0.491 e. The number of hydrazone groups is 1. The molecule has 0 unspecified atom stereocenters. The molecule has 3 heterocycles. The Kier molecular flexibility index (Phi) is 4.96. The number of hydrogen-bond donors (Lipinski definition) is 1. The number of aryl methyl sites for hydroxylation is 1. The van der Waals surface area contributed by atoms with Gasteiger partial charge in [0.05, 0.1) is 18.0 Å². The second kappa shape index (κ2) is 7.51. The van der Waals surface area contributed by atoms with E-state index in [2.05, 4.69) is 30.8 Å². The molecule has 0 atom stereocenters. The van der Waals surface area contributed by atoms with Crippen molar-refractivity contribution in [3.8, 4) is 0 Å². The molecule has 0 spiro atoms. The van der Waals surface area contributed by atoms with Gasteiger partial charge >= 0.3 is 5.95 Å². The van der Waals surface area contributed by atoms with E-state index in [0.717, 1.165) is 10.9 Å². The number of hydrogen-bond acceptors (Lipinski definition) is 8. The molecule has 27 heavy (non-hydrogen) atoms. The fourth-order valence-corrected chi connectivity index (χ4v) is 2.06. The van der Waals surface area contributed by atoms with Crippen LogP contribution in [0.4, 0.5) is 10.3 Å². The molecule has 0 saturated heterocycles. The van der Waals surface area contributed by atoms with Crippen molar-refractivity contribution in [3.05, 3.63) is 52.1 Å². The minimum Gasteiger partial charge on any atom is -0.390 e. The van der Waals surface area contributed by atoms with E-state index in [1.54, 1.807) is 6.92 Å². The molecular weight excluding hydrogens is 363 g/mol. The lowest BCUT2D eigenvalue weighted by atomic mass is 10.4. The maximum absolute atomic E-state index is 13.8. The van der Waals surface area contributed by atoms with Crippen molar-refractivity contribution in [2.75, 3.05) is 0 Å². The highest BCUT2D eigenvalue weighted by molar-refractivity contribution is 5.92. The third-order valence-electron chi connectivity index (χ3n) is 3.32. The smallest absolute Gasteiger partial charge is 0.390 e. The van der Waals surface area contributed by atoms with E-state index >= 15 is 0 Å². The van der Waals surface area contributed by atoms with E-state index in [-0.39, 0.29) is 17.9 Å². The predicted molar refractivity (Wildman–Crippen MR) is 87.2 cm³/mol. The second-order valence-corrected chi connectivity index (χ2v) is 5.13. The Bertz CT molecular complexity index is 1000. The van der Waals surface area contributed by atoms with Crippen molar-refractivity contribution in [1.82, 2.24) is 39.8 Å². The second-order valence-electron chi connectivity index (χ2n) is 5.13. The van der Waals surface area contributed by atoms with Crippen LogP contribution in [0.25, 0.3) is 0 Å². The Labute approximate surface area is 150 Å². The lowest BCUT2D eigenvalue weighted by Gasteiger charge is -1.98. The normalized spacial score (nSPS) is 11.2. The number of carbonyl (C=O) groups excluding carboxylic acids is 1. The minimum atomic E-state index is -0.719. The van der Waals surface area contributed by atoms with Crippen LogP contribution in [0, 0.1) is 16.1 Å². The maximum atomic E-state index is 13.8. The van der Waals surface area contributed by atoms with Gasteiger partial charge in [-0.1, -0.05) is 4.98 Å². The van der Waals surface area contributed by atoms with E-state index in [4.69, 9.17) is 0 Å². The van der Waals surface area contributed by atoms with Crippen molar-refractivity contribution < 1.29 is 14.1 Å². The number of halogens is 1. The van der Waals surface area contributed by atoms with Crippen LogP contribution >= 0.6 is 0 Å². The van der Waals surface area contributed by atoms with Crippen molar-refractivity contribution in [1.29, 1.82) is 0 Å². The summed E-state index contributed by atoms with van der Waals surface area (Å²) in [6, 6.07) is 1.42. The topological polar surface area (TPSA) is 151 Å². The van der Waals surface area contributed by atoms with Gasteiger partial charge in [-0.05, 0) is 17.9 Å². The van der Waals surface area contributed by atoms with Crippen LogP contribution in [-0.4, -0.2) is 51.4 Å². The van der Waals surface area contributed by atoms with Crippen LogP contribution in [0.2, 0.25) is 0 Å². The molecule has 0 aliphatic carbocycles. The molecule has 0 fully saturated rings. The predicted octanol–water partition coefficient (Wildman–Crippen LogP) is 0.00800. The Balaban J connectivity index is 1.60. The molecule has 0 saturated carbocycles. The molecule has 0 bridgehead atoms. The number of amides is 1. The van der Waals surface area contributed by atoms with Crippen LogP contribution in [0.15, 0.2) is 29.9 Å². The third kappa shape index (κ3) is 4.00. The van der Waals surface area contributed by atoms with E-state index in [0.29, 0.717) is 6.54 Å². The lowest BCUT2D eigenvalue weighted by Crippen LogP contribution is -2.19. The van der Waals surface area contributed by atoms with Crippen LogP contribution in [0.3, 0.4) is 0 Å². The molecule has 13 nitrogen and oxygen atoms in total. The van der Waals surface area contributed by atoms with Gasteiger partial charge in [0.1, 0.15) is 0 Å². The molecule has 3 aromatic heterocycles. The zero-order valence-electron chi connectivity index (χ0n) is 13.9. The van der Waals surface area contributed by atoms with Gasteiger partial charge in [0, 0.05) is 17.8 Å². The zero-order chi connectivity index (χ0) is 19.4. The standard InChI is InChI=1S/C13H13FN10O3/c1-2-23-11(14)9(6-17-23)5-16-18-12(25)10-3-4-21(19-10)8-22-7-15-13(20-22)24(26)27/h3-7H,2,8H2,1H3,(H,18,25)/b16-5-. The minimum absolute atomic E-state index is 0.0266.